The number of aliphatic imine (C=N–C) groups is 1. The van der Waals surface area contributed by atoms with E-state index in [0.717, 1.165) is 0 Å². The molecule has 1 aliphatic rings. The monoisotopic (exact) mass is 404 g/mol. The van der Waals surface area contributed by atoms with Crippen LogP contribution in [0, 0.1) is 5.82 Å². The summed E-state index contributed by atoms with van der Waals surface area (Å²) in [5.41, 5.74) is 5.92. The SMILES string of the molecule is C[C@@]1(c2cc(CC(=O)c3cnc(OCCF)cn3)ccc2F)C=CSC(N)=N1. The molecule has 28 heavy (non-hydrogen) atoms. The van der Waals surface area contributed by atoms with Gasteiger partial charge < -0.3 is 10.5 Å². The lowest BCUT2D eigenvalue weighted by Crippen LogP contribution is -2.25. The van der Waals surface area contributed by atoms with E-state index in [2.05, 4.69) is 15.0 Å². The van der Waals surface area contributed by atoms with Crippen molar-refractivity contribution in [3.8, 4) is 5.88 Å². The van der Waals surface area contributed by atoms with E-state index in [-0.39, 0.29) is 30.4 Å². The van der Waals surface area contributed by atoms with Gasteiger partial charge in [0.05, 0.1) is 12.4 Å². The second-order valence-corrected chi connectivity index (χ2v) is 7.14. The maximum absolute atomic E-state index is 14.4. The van der Waals surface area contributed by atoms with Crippen LogP contribution >= 0.6 is 11.8 Å². The number of benzene rings is 1. The number of rotatable bonds is 7. The zero-order valence-corrected chi connectivity index (χ0v) is 15.9. The summed E-state index contributed by atoms with van der Waals surface area (Å²) >= 11 is 1.26. The molecule has 2 N–H and O–H groups in total. The van der Waals surface area contributed by atoms with Crippen molar-refractivity contribution >= 4 is 22.7 Å². The van der Waals surface area contributed by atoms with E-state index in [4.69, 9.17) is 10.5 Å². The molecule has 0 aliphatic carbocycles. The fourth-order valence-electron chi connectivity index (χ4n) is 2.70. The van der Waals surface area contributed by atoms with Crippen molar-refractivity contribution in [3.63, 3.8) is 0 Å². The van der Waals surface area contributed by atoms with Crippen molar-refractivity contribution < 1.29 is 18.3 Å². The highest BCUT2D eigenvalue weighted by atomic mass is 32.2. The van der Waals surface area contributed by atoms with Gasteiger partial charge in [-0.2, -0.15) is 0 Å². The summed E-state index contributed by atoms with van der Waals surface area (Å²) in [5, 5.41) is 2.11. The van der Waals surface area contributed by atoms with Gasteiger partial charge in [0, 0.05) is 12.0 Å². The average Bonchev–Trinajstić information content (AvgIpc) is 2.68. The molecule has 6 nitrogen and oxygen atoms in total. The molecule has 0 saturated carbocycles. The molecule has 1 atom stereocenters. The first-order valence-corrected chi connectivity index (χ1v) is 9.32. The van der Waals surface area contributed by atoms with Gasteiger partial charge in [-0.15, -0.1) is 0 Å². The number of ether oxygens (including phenoxy) is 1. The van der Waals surface area contributed by atoms with Crippen molar-refractivity contribution in [1.29, 1.82) is 0 Å². The third-order valence-corrected chi connectivity index (χ3v) is 4.71. The van der Waals surface area contributed by atoms with E-state index in [0.29, 0.717) is 16.3 Å². The number of thioether (sulfide) groups is 1. The van der Waals surface area contributed by atoms with Crippen LogP contribution in [0.1, 0.15) is 28.5 Å². The molecule has 1 aliphatic heterocycles. The van der Waals surface area contributed by atoms with Crippen LogP contribution in [0.5, 0.6) is 5.88 Å². The van der Waals surface area contributed by atoms with Crippen LogP contribution in [0.3, 0.4) is 0 Å². The fourth-order valence-corrected chi connectivity index (χ4v) is 3.42. The van der Waals surface area contributed by atoms with Crippen molar-refractivity contribution in [2.75, 3.05) is 13.3 Å². The number of nitrogens with zero attached hydrogens (tertiary/aromatic N) is 3. The molecule has 0 amide bonds. The number of Topliss-reactive ketones (excluding diaryl/α,β-unsaturated/α-hetero) is 1. The number of nitrogens with two attached hydrogens (primary N) is 1. The summed E-state index contributed by atoms with van der Waals surface area (Å²) < 4.78 is 31.5. The minimum Gasteiger partial charge on any atom is -0.474 e. The molecule has 0 unspecified atom stereocenters. The van der Waals surface area contributed by atoms with E-state index >= 15 is 0 Å². The van der Waals surface area contributed by atoms with Crippen molar-refractivity contribution in [1.82, 2.24) is 9.97 Å². The lowest BCUT2D eigenvalue weighted by Gasteiger charge is -2.26. The molecule has 0 bridgehead atoms. The first kappa shape index (κ1) is 19.9. The number of aromatic nitrogens is 2. The highest BCUT2D eigenvalue weighted by Crippen LogP contribution is 2.34. The summed E-state index contributed by atoms with van der Waals surface area (Å²) in [6, 6.07) is 4.46. The zero-order valence-electron chi connectivity index (χ0n) is 15.1. The molecule has 1 aromatic heterocycles. The summed E-state index contributed by atoms with van der Waals surface area (Å²) in [6.07, 6.45) is 4.32. The van der Waals surface area contributed by atoms with Crippen LogP contribution < -0.4 is 10.5 Å². The number of carbonyl (C=O) groups excluding carboxylic acids is 1. The first-order valence-electron chi connectivity index (χ1n) is 8.44. The number of alkyl halides is 1. The van der Waals surface area contributed by atoms with Crippen LogP contribution in [0.25, 0.3) is 0 Å². The molecule has 1 aromatic carbocycles. The van der Waals surface area contributed by atoms with Gasteiger partial charge in [-0.3, -0.25) is 4.79 Å². The Bertz CT molecular complexity index is 934. The molecule has 146 valence electrons. The summed E-state index contributed by atoms with van der Waals surface area (Å²) in [4.78, 5) is 24.7. The standard InChI is InChI=1S/C19H18F2N4O2S/c1-19(4-7-28-18(22)25-19)13-8-12(2-3-14(13)21)9-16(26)15-10-24-17(11-23-15)27-6-5-20/h2-4,7-8,10-11H,5-6,9H2,1H3,(H2,22,25)/t19-/m0/s1. The number of amidine groups is 1. The van der Waals surface area contributed by atoms with E-state index in [1.807, 2.05) is 0 Å². The molecule has 0 radical (unpaired) electrons. The van der Waals surface area contributed by atoms with Crippen molar-refractivity contribution in [3.05, 3.63) is 64.7 Å². The lowest BCUT2D eigenvalue weighted by atomic mass is 9.90. The summed E-state index contributed by atoms with van der Waals surface area (Å²) in [6.45, 7) is 0.985. The van der Waals surface area contributed by atoms with Crippen LogP contribution in [-0.4, -0.2) is 34.2 Å². The van der Waals surface area contributed by atoms with Gasteiger partial charge in [0.2, 0.25) is 5.88 Å². The minimum absolute atomic E-state index is 0.0143. The molecule has 2 aromatic rings. The minimum atomic E-state index is -0.937. The Morgan fingerprint density at radius 1 is 1.32 bits per heavy atom. The van der Waals surface area contributed by atoms with Gasteiger partial charge in [-0.1, -0.05) is 17.8 Å². The molecule has 2 heterocycles. The van der Waals surface area contributed by atoms with Crippen molar-refractivity contribution in [2.24, 2.45) is 10.7 Å². The first-order chi connectivity index (χ1) is 13.4. The Hall–Kier alpha value is -2.81. The lowest BCUT2D eigenvalue weighted by molar-refractivity contribution is 0.0987. The molecule has 9 heteroatoms. The Kier molecular flexibility index (Phi) is 6.03. The molecule has 0 saturated heterocycles. The molecule has 3 rings (SSSR count). The smallest absolute Gasteiger partial charge is 0.232 e. The van der Waals surface area contributed by atoms with Gasteiger partial charge in [0.1, 0.15) is 30.3 Å². The predicted molar refractivity (Wildman–Crippen MR) is 104 cm³/mol. The average molecular weight is 404 g/mol. The number of halogens is 2. The van der Waals surface area contributed by atoms with E-state index < -0.39 is 18.0 Å². The number of hydrogen-bond acceptors (Lipinski definition) is 7. The van der Waals surface area contributed by atoms with Gasteiger partial charge >= 0.3 is 0 Å². The topological polar surface area (TPSA) is 90.5 Å². The van der Waals surface area contributed by atoms with Gasteiger partial charge in [0.15, 0.2) is 11.0 Å². The number of carbonyl (C=O) groups is 1. The van der Waals surface area contributed by atoms with Gasteiger partial charge in [-0.25, -0.2) is 23.7 Å². The molecule has 0 fully saturated rings. The Labute approximate surface area is 164 Å². The number of hydrogen-bond donors (Lipinski definition) is 1. The Balaban J connectivity index is 1.79. The largest absolute Gasteiger partial charge is 0.474 e. The van der Waals surface area contributed by atoms with Gasteiger partial charge in [-0.05, 0) is 36.1 Å². The molecular weight excluding hydrogens is 386 g/mol. The number of ketones is 1. The molecular formula is C19H18F2N4O2S. The highest BCUT2D eigenvalue weighted by molar-refractivity contribution is 8.16. The maximum Gasteiger partial charge on any atom is 0.232 e. The van der Waals surface area contributed by atoms with E-state index in [9.17, 15) is 13.6 Å². The second kappa shape index (κ2) is 8.47. The van der Waals surface area contributed by atoms with Crippen LogP contribution in [0.2, 0.25) is 0 Å². The van der Waals surface area contributed by atoms with Crippen LogP contribution in [0.15, 0.2) is 47.1 Å². The fraction of sp³-hybridized carbons (Fsp3) is 0.263. The highest BCUT2D eigenvalue weighted by Gasteiger charge is 2.29. The van der Waals surface area contributed by atoms with Crippen molar-refractivity contribution in [2.45, 2.75) is 18.9 Å². The summed E-state index contributed by atoms with van der Waals surface area (Å²) in [5.74, 6) is -0.574. The zero-order chi connectivity index (χ0) is 20.1. The third kappa shape index (κ3) is 4.53. The normalized spacial score (nSPS) is 18.6. The predicted octanol–water partition coefficient (Wildman–Crippen LogP) is 3.18. The quantitative estimate of drug-likeness (QED) is 0.713. The van der Waals surface area contributed by atoms with E-state index in [1.165, 1.54) is 30.2 Å². The van der Waals surface area contributed by atoms with E-state index in [1.54, 1.807) is 30.5 Å². The van der Waals surface area contributed by atoms with Crippen LogP contribution in [-0.2, 0) is 12.0 Å². The second-order valence-electron chi connectivity index (χ2n) is 6.21. The maximum atomic E-state index is 14.4. The summed E-state index contributed by atoms with van der Waals surface area (Å²) in [7, 11) is 0. The Morgan fingerprint density at radius 2 is 2.14 bits per heavy atom. The molecule has 0 spiro atoms. The third-order valence-electron chi connectivity index (χ3n) is 4.11. The Morgan fingerprint density at radius 3 is 2.82 bits per heavy atom. The van der Waals surface area contributed by atoms with Gasteiger partial charge in [0.25, 0.3) is 0 Å². The van der Waals surface area contributed by atoms with Crippen LogP contribution in [0.4, 0.5) is 8.78 Å².